The summed E-state index contributed by atoms with van der Waals surface area (Å²) >= 11 is 0. The normalized spacial score (nSPS) is 15.4. The van der Waals surface area contributed by atoms with Gasteiger partial charge in [-0.25, -0.2) is 0 Å². The highest BCUT2D eigenvalue weighted by molar-refractivity contribution is 5.89. The number of anilines is 2. The second-order valence-electron chi connectivity index (χ2n) is 7.44. The van der Waals surface area contributed by atoms with Crippen LogP contribution in [0.1, 0.15) is 37.5 Å². The zero-order valence-electron chi connectivity index (χ0n) is 16.3. The minimum atomic E-state index is -0.419. The van der Waals surface area contributed by atoms with E-state index in [-0.39, 0.29) is 11.2 Å². The maximum absolute atomic E-state index is 10.7. The summed E-state index contributed by atoms with van der Waals surface area (Å²) in [7, 11) is 2.12. The van der Waals surface area contributed by atoms with Crippen LogP contribution in [0.2, 0.25) is 0 Å². The van der Waals surface area contributed by atoms with Crippen molar-refractivity contribution in [3.63, 3.8) is 0 Å². The summed E-state index contributed by atoms with van der Waals surface area (Å²) in [6, 6.07) is 10.5. The van der Waals surface area contributed by atoms with Gasteiger partial charge >= 0.3 is 0 Å². The third kappa shape index (κ3) is 3.69. The third-order valence-corrected chi connectivity index (χ3v) is 5.08. The number of aryl methyl sites for hydroxylation is 1. The number of benzene rings is 2. The Labute approximate surface area is 159 Å². The molecule has 3 rings (SSSR count). The van der Waals surface area contributed by atoms with Crippen LogP contribution < -0.4 is 10.3 Å². The van der Waals surface area contributed by atoms with Crippen molar-refractivity contribution in [2.45, 2.75) is 33.2 Å². The van der Waals surface area contributed by atoms with Gasteiger partial charge in [0.1, 0.15) is 0 Å². The van der Waals surface area contributed by atoms with Crippen molar-refractivity contribution in [3.05, 3.63) is 69.3 Å². The van der Waals surface area contributed by atoms with Gasteiger partial charge in [-0.3, -0.25) is 15.5 Å². The molecule has 0 spiro atoms. The number of nitrogens with zero attached hydrogens (tertiary/aromatic N) is 3. The highest BCUT2D eigenvalue weighted by Crippen LogP contribution is 2.38. The first kappa shape index (κ1) is 18.6. The van der Waals surface area contributed by atoms with E-state index < -0.39 is 4.92 Å². The number of nitrogens with one attached hydrogen (secondary N) is 1. The Morgan fingerprint density at radius 1 is 1.19 bits per heavy atom. The molecule has 2 aromatic carbocycles. The van der Waals surface area contributed by atoms with Crippen molar-refractivity contribution in [1.82, 2.24) is 0 Å². The second-order valence-corrected chi connectivity index (χ2v) is 7.44. The predicted molar refractivity (Wildman–Crippen MR) is 112 cm³/mol. The van der Waals surface area contributed by atoms with Gasteiger partial charge in [0.25, 0.3) is 5.69 Å². The summed E-state index contributed by atoms with van der Waals surface area (Å²) in [5.41, 5.74) is 9.52. The van der Waals surface area contributed by atoms with Crippen molar-refractivity contribution in [2.75, 3.05) is 17.4 Å². The van der Waals surface area contributed by atoms with Crippen molar-refractivity contribution < 1.29 is 4.92 Å². The molecule has 2 aromatic rings. The van der Waals surface area contributed by atoms with E-state index in [1.54, 1.807) is 18.3 Å². The number of nitro groups is 1. The Hall–Kier alpha value is -3.15. The van der Waals surface area contributed by atoms with Crippen LogP contribution in [0.25, 0.3) is 5.57 Å². The van der Waals surface area contributed by atoms with E-state index in [0.29, 0.717) is 5.69 Å². The number of hydrazone groups is 1. The first-order chi connectivity index (χ1) is 12.7. The molecular weight excluding hydrogens is 340 g/mol. The Balaban J connectivity index is 1.83. The van der Waals surface area contributed by atoms with Gasteiger partial charge in [0.05, 0.1) is 22.4 Å². The first-order valence-electron chi connectivity index (χ1n) is 8.81. The topological polar surface area (TPSA) is 70.8 Å². The smallest absolute Gasteiger partial charge is 0.269 e. The Kier molecular flexibility index (Phi) is 4.74. The summed E-state index contributed by atoms with van der Waals surface area (Å²) in [6.45, 7) is 8.62. The van der Waals surface area contributed by atoms with Gasteiger partial charge in [-0.2, -0.15) is 5.10 Å². The number of non-ortho nitro benzene ring substituents is 1. The third-order valence-electron chi connectivity index (χ3n) is 5.08. The van der Waals surface area contributed by atoms with Crippen LogP contribution in [0.3, 0.4) is 0 Å². The van der Waals surface area contributed by atoms with E-state index in [2.05, 4.69) is 68.4 Å². The molecule has 0 bridgehead atoms. The number of hydrogen-bond acceptors (Lipinski definition) is 5. The van der Waals surface area contributed by atoms with Crippen molar-refractivity contribution in [2.24, 2.45) is 5.10 Å². The van der Waals surface area contributed by atoms with Gasteiger partial charge in [0.15, 0.2) is 0 Å². The summed E-state index contributed by atoms with van der Waals surface area (Å²) in [5, 5.41) is 15.0. The lowest BCUT2D eigenvalue weighted by atomic mass is 9.87. The van der Waals surface area contributed by atoms with Crippen LogP contribution in [0.4, 0.5) is 17.1 Å². The van der Waals surface area contributed by atoms with E-state index >= 15 is 0 Å². The van der Waals surface area contributed by atoms with Gasteiger partial charge < -0.3 is 4.90 Å². The lowest BCUT2D eigenvalue weighted by molar-refractivity contribution is -0.384. The zero-order chi connectivity index (χ0) is 19.8. The number of rotatable bonds is 4. The molecule has 0 aliphatic carbocycles. The molecule has 0 fully saturated rings. The summed E-state index contributed by atoms with van der Waals surface area (Å²) in [5.74, 6) is 0. The average Bonchev–Trinajstić information content (AvgIpc) is 2.61. The zero-order valence-corrected chi connectivity index (χ0v) is 16.3. The molecule has 0 radical (unpaired) electrons. The lowest BCUT2D eigenvalue weighted by Crippen LogP contribution is -2.42. The average molecular weight is 364 g/mol. The largest absolute Gasteiger partial charge is 0.365 e. The Morgan fingerprint density at radius 3 is 2.48 bits per heavy atom. The molecule has 1 aliphatic heterocycles. The molecule has 1 aliphatic rings. The highest BCUT2D eigenvalue weighted by Gasteiger charge is 2.28. The highest BCUT2D eigenvalue weighted by atomic mass is 16.6. The van der Waals surface area contributed by atoms with Gasteiger partial charge in [-0.15, -0.1) is 0 Å². The molecule has 140 valence electrons. The van der Waals surface area contributed by atoms with Gasteiger partial charge in [-0.1, -0.05) is 6.08 Å². The maximum Gasteiger partial charge on any atom is 0.269 e. The molecule has 6 heteroatoms. The van der Waals surface area contributed by atoms with Crippen LogP contribution in [-0.2, 0) is 0 Å². The molecule has 0 atom stereocenters. The number of likely N-dealkylation sites (N-methyl/N-ethyl adjacent to an activating group) is 1. The van der Waals surface area contributed by atoms with E-state index in [9.17, 15) is 10.1 Å². The van der Waals surface area contributed by atoms with Gasteiger partial charge in [0.2, 0.25) is 0 Å². The minimum absolute atomic E-state index is 0.0173. The van der Waals surface area contributed by atoms with Crippen LogP contribution in [0.15, 0.2) is 47.6 Å². The quantitative estimate of drug-likeness (QED) is 0.472. The molecule has 0 unspecified atom stereocenters. The predicted octanol–water partition coefficient (Wildman–Crippen LogP) is 4.98. The molecule has 1 N–H and O–H groups in total. The van der Waals surface area contributed by atoms with Crippen LogP contribution in [-0.4, -0.2) is 23.7 Å². The summed E-state index contributed by atoms with van der Waals surface area (Å²) in [4.78, 5) is 12.6. The van der Waals surface area contributed by atoms with Gasteiger partial charge in [0, 0.05) is 30.4 Å². The van der Waals surface area contributed by atoms with Gasteiger partial charge in [-0.05, 0) is 68.7 Å². The first-order valence-corrected chi connectivity index (χ1v) is 8.81. The molecule has 0 saturated heterocycles. The van der Waals surface area contributed by atoms with Crippen LogP contribution >= 0.6 is 0 Å². The minimum Gasteiger partial charge on any atom is -0.365 e. The van der Waals surface area contributed by atoms with Crippen LogP contribution in [0, 0.1) is 17.0 Å². The van der Waals surface area contributed by atoms with E-state index in [4.69, 9.17) is 0 Å². The molecule has 1 heterocycles. The summed E-state index contributed by atoms with van der Waals surface area (Å²) < 4.78 is 0. The maximum atomic E-state index is 10.7. The molecule has 0 amide bonds. The lowest BCUT2D eigenvalue weighted by Gasteiger charge is -2.41. The van der Waals surface area contributed by atoms with Crippen LogP contribution in [0.5, 0.6) is 0 Å². The fourth-order valence-electron chi connectivity index (χ4n) is 3.29. The SMILES string of the molecule is CC1=CC(C)(C)N(C)c2cc(C)c(/C=N\Nc3ccc([N+](=O)[O-])cc3)cc21. The number of hydrogen-bond donors (Lipinski definition) is 1. The molecular formula is C21H24N4O2. The van der Waals surface area contributed by atoms with E-state index in [1.807, 2.05) is 0 Å². The monoisotopic (exact) mass is 364 g/mol. The standard InChI is InChI=1S/C21H24N4O2/c1-14-10-20-19(15(2)12-21(3,4)24(20)5)11-16(14)13-22-23-17-6-8-18(9-7-17)25(26)27/h6-13,23H,1-5H3/b22-13-. The molecule has 0 aromatic heterocycles. The Bertz CT molecular complexity index is 943. The van der Waals surface area contributed by atoms with Crippen molar-refractivity contribution in [3.8, 4) is 0 Å². The summed E-state index contributed by atoms with van der Waals surface area (Å²) in [6.07, 6.45) is 4.06. The fourth-order valence-corrected chi connectivity index (χ4v) is 3.29. The Morgan fingerprint density at radius 2 is 1.85 bits per heavy atom. The van der Waals surface area contributed by atoms with Crippen molar-refractivity contribution in [1.29, 1.82) is 0 Å². The number of nitro benzene ring substituents is 1. The number of fused-ring (bicyclic) bond motifs is 1. The second kappa shape index (κ2) is 6.87. The van der Waals surface area contributed by atoms with Crippen molar-refractivity contribution >= 4 is 28.8 Å². The number of allylic oxidation sites excluding steroid dienone is 1. The molecule has 6 nitrogen and oxygen atoms in total. The molecule has 0 saturated carbocycles. The van der Waals surface area contributed by atoms with E-state index in [0.717, 1.165) is 11.1 Å². The molecule has 27 heavy (non-hydrogen) atoms. The van der Waals surface area contributed by atoms with E-state index in [1.165, 1.54) is 29.0 Å². The fraction of sp³-hybridized carbons (Fsp3) is 0.286.